The lowest BCUT2D eigenvalue weighted by molar-refractivity contribution is -0.120. The molecule has 0 saturated heterocycles. The average Bonchev–Trinajstić information content (AvgIpc) is 2.72. The first-order chi connectivity index (χ1) is 13.2. The molecule has 0 atom stereocenters. The third-order valence-corrected chi connectivity index (χ3v) is 4.30. The maximum absolute atomic E-state index is 12.9. The highest BCUT2D eigenvalue weighted by Gasteiger charge is 2.19. The summed E-state index contributed by atoms with van der Waals surface area (Å²) in [7, 11) is 1.56. The fourth-order valence-corrected chi connectivity index (χ4v) is 2.76. The third kappa shape index (κ3) is 4.77. The van der Waals surface area contributed by atoms with Gasteiger partial charge in [0.05, 0.1) is 13.7 Å². The Labute approximate surface area is 163 Å². The maximum atomic E-state index is 12.9. The van der Waals surface area contributed by atoms with Crippen LogP contribution in [0.5, 0.6) is 11.5 Å². The number of rotatable bonds is 7. The van der Waals surface area contributed by atoms with Crippen LogP contribution in [0.15, 0.2) is 72.9 Å². The zero-order valence-corrected chi connectivity index (χ0v) is 15.6. The molecule has 0 fully saturated rings. The zero-order valence-electron chi connectivity index (χ0n) is 14.8. The van der Waals surface area contributed by atoms with Gasteiger partial charge in [-0.25, -0.2) is 4.98 Å². The molecule has 1 aromatic heterocycles. The van der Waals surface area contributed by atoms with Crippen molar-refractivity contribution in [1.82, 2.24) is 4.98 Å². The lowest BCUT2D eigenvalue weighted by Crippen LogP contribution is -2.35. The number of amides is 1. The second-order valence-electron chi connectivity index (χ2n) is 5.70. The summed E-state index contributed by atoms with van der Waals surface area (Å²) >= 11 is 6.27. The van der Waals surface area contributed by atoms with Gasteiger partial charge in [-0.05, 0) is 35.9 Å². The maximum Gasteiger partial charge on any atom is 0.266 e. The van der Waals surface area contributed by atoms with E-state index in [4.69, 9.17) is 21.1 Å². The molecule has 3 rings (SSSR count). The predicted octanol–water partition coefficient (Wildman–Crippen LogP) is 4.36. The van der Waals surface area contributed by atoms with Crippen LogP contribution in [-0.4, -0.2) is 24.6 Å². The van der Waals surface area contributed by atoms with Crippen molar-refractivity contribution >= 4 is 23.3 Å². The molecule has 6 heteroatoms. The molecular formula is C21H19ClN2O3. The number of carbonyl (C=O) groups is 1. The van der Waals surface area contributed by atoms with Gasteiger partial charge in [0.25, 0.3) is 5.91 Å². The van der Waals surface area contributed by atoms with E-state index in [1.807, 2.05) is 36.4 Å². The van der Waals surface area contributed by atoms with Gasteiger partial charge in [0.15, 0.2) is 18.1 Å². The molecule has 2 aromatic carbocycles. The quantitative estimate of drug-likeness (QED) is 0.609. The van der Waals surface area contributed by atoms with Crippen molar-refractivity contribution in [2.24, 2.45) is 0 Å². The number of nitrogens with zero attached hydrogens (tertiary/aromatic N) is 2. The molecule has 0 radical (unpaired) electrons. The summed E-state index contributed by atoms with van der Waals surface area (Å²) < 4.78 is 10.9. The fourth-order valence-electron chi connectivity index (χ4n) is 2.56. The van der Waals surface area contributed by atoms with Gasteiger partial charge < -0.3 is 9.47 Å². The fraction of sp³-hybridized carbons (Fsp3) is 0.143. The number of benzene rings is 2. The molecule has 27 heavy (non-hydrogen) atoms. The van der Waals surface area contributed by atoms with Gasteiger partial charge in [-0.1, -0.05) is 48.0 Å². The van der Waals surface area contributed by atoms with E-state index in [9.17, 15) is 4.79 Å². The Balaban J connectivity index is 1.80. The molecule has 0 saturated carbocycles. The van der Waals surface area contributed by atoms with Gasteiger partial charge in [0, 0.05) is 11.2 Å². The SMILES string of the molecule is COc1ccccc1OCC(=O)N(Cc1ccccc1Cl)c1ccccn1. The highest BCUT2D eigenvalue weighted by atomic mass is 35.5. The van der Waals surface area contributed by atoms with E-state index >= 15 is 0 Å². The van der Waals surface area contributed by atoms with Crippen LogP contribution in [0.3, 0.4) is 0 Å². The Morgan fingerprint density at radius 3 is 2.41 bits per heavy atom. The van der Waals surface area contributed by atoms with Gasteiger partial charge in [-0.2, -0.15) is 0 Å². The molecule has 0 aliphatic rings. The molecule has 0 aliphatic heterocycles. The molecule has 5 nitrogen and oxygen atoms in total. The van der Waals surface area contributed by atoms with Crippen molar-refractivity contribution in [1.29, 1.82) is 0 Å². The Hall–Kier alpha value is -3.05. The predicted molar refractivity (Wildman–Crippen MR) is 105 cm³/mol. The lowest BCUT2D eigenvalue weighted by Gasteiger charge is -2.22. The van der Waals surface area contributed by atoms with E-state index in [0.29, 0.717) is 28.9 Å². The van der Waals surface area contributed by atoms with E-state index in [2.05, 4.69) is 4.98 Å². The lowest BCUT2D eigenvalue weighted by atomic mass is 10.2. The summed E-state index contributed by atoms with van der Waals surface area (Å²) in [6, 6.07) is 20.0. The smallest absolute Gasteiger partial charge is 0.266 e. The summed E-state index contributed by atoms with van der Waals surface area (Å²) in [6.07, 6.45) is 1.64. The first-order valence-electron chi connectivity index (χ1n) is 8.39. The van der Waals surface area contributed by atoms with Crippen molar-refractivity contribution in [3.05, 3.63) is 83.5 Å². The monoisotopic (exact) mass is 382 g/mol. The number of halogens is 1. The van der Waals surface area contributed by atoms with Gasteiger partial charge in [-0.15, -0.1) is 0 Å². The summed E-state index contributed by atoms with van der Waals surface area (Å²) in [5.41, 5.74) is 0.829. The molecule has 1 heterocycles. The third-order valence-electron chi connectivity index (χ3n) is 3.93. The van der Waals surface area contributed by atoms with Crippen molar-refractivity contribution in [2.75, 3.05) is 18.6 Å². The average molecular weight is 383 g/mol. The number of para-hydroxylation sites is 2. The molecule has 0 unspecified atom stereocenters. The summed E-state index contributed by atoms with van der Waals surface area (Å²) in [5.74, 6) is 1.37. The molecule has 1 amide bonds. The number of hydrogen-bond donors (Lipinski definition) is 0. The van der Waals surface area contributed by atoms with Crippen LogP contribution in [0.25, 0.3) is 0 Å². The van der Waals surface area contributed by atoms with E-state index in [1.54, 1.807) is 48.5 Å². The second kappa shape index (κ2) is 9.05. The molecule has 0 aliphatic carbocycles. The van der Waals surface area contributed by atoms with Crippen LogP contribution in [0, 0.1) is 0 Å². The van der Waals surface area contributed by atoms with Crippen LogP contribution < -0.4 is 14.4 Å². The zero-order chi connectivity index (χ0) is 19.1. The first kappa shape index (κ1) is 18.7. The van der Waals surface area contributed by atoms with Gasteiger partial charge in [0.2, 0.25) is 0 Å². The molecule has 0 N–H and O–H groups in total. The topological polar surface area (TPSA) is 51.7 Å². The van der Waals surface area contributed by atoms with E-state index in [-0.39, 0.29) is 12.5 Å². The minimum atomic E-state index is -0.237. The molecule has 138 valence electrons. The number of carbonyl (C=O) groups excluding carboxylic acids is 1. The largest absolute Gasteiger partial charge is 0.493 e. The summed E-state index contributed by atoms with van der Waals surface area (Å²) in [4.78, 5) is 18.8. The number of pyridine rings is 1. The first-order valence-corrected chi connectivity index (χ1v) is 8.77. The molecule has 0 spiro atoms. The van der Waals surface area contributed by atoms with Crippen molar-refractivity contribution in [3.63, 3.8) is 0 Å². The van der Waals surface area contributed by atoms with Crippen molar-refractivity contribution in [2.45, 2.75) is 6.54 Å². The second-order valence-corrected chi connectivity index (χ2v) is 6.11. The van der Waals surface area contributed by atoms with E-state index < -0.39 is 0 Å². The van der Waals surface area contributed by atoms with E-state index in [1.165, 1.54) is 0 Å². The Kier molecular flexibility index (Phi) is 6.28. The van der Waals surface area contributed by atoms with Gasteiger partial charge in [0.1, 0.15) is 5.82 Å². The highest BCUT2D eigenvalue weighted by Crippen LogP contribution is 2.26. The summed E-state index contributed by atoms with van der Waals surface area (Å²) in [5, 5.41) is 0.594. The van der Waals surface area contributed by atoms with Gasteiger partial charge in [-0.3, -0.25) is 9.69 Å². The standard InChI is InChI=1S/C21H19ClN2O3/c1-26-18-10-4-5-11-19(18)27-15-21(25)24(20-12-6-7-13-23-20)14-16-8-2-3-9-17(16)22/h2-13H,14-15H2,1H3. The number of hydrogen-bond acceptors (Lipinski definition) is 4. The Morgan fingerprint density at radius 2 is 1.70 bits per heavy atom. The summed E-state index contributed by atoms with van der Waals surface area (Å²) in [6.45, 7) is 0.145. The van der Waals surface area contributed by atoms with Crippen molar-refractivity contribution in [3.8, 4) is 11.5 Å². The Morgan fingerprint density at radius 1 is 1.00 bits per heavy atom. The van der Waals surface area contributed by atoms with Crippen LogP contribution in [0.4, 0.5) is 5.82 Å². The van der Waals surface area contributed by atoms with Crippen LogP contribution >= 0.6 is 11.6 Å². The van der Waals surface area contributed by atoms with Gasteiger partial charge >= 0.3 is 0 Å². The number of aromatic nitrogens is 1. The number of anilines is 1. The normalized spacial score (nSPS) is 10.3. The van der Waals surface area contributed by atoms with Crippen LogP contribution in [0.2, 0.25) is 5.02 Å². The van der Waals surface area contributed by atoms with E-state index in [0.717, 1.165) is 5.56 Å². The van der Waals surface area contributed by atoms with Crippen molar-refractivity contribution < 1.29 is 14.3 Å². The number of ether oxygens (including phenoxy) is 2. The molecular weight excluding hydrogens is 364 g/mol. The highest BCUT2D eigenvalue weighted by molar-refractivity contribution is 6.31. The Bertz CT molecular complexity index is 903. The van der Waals surface area contributed by atoms with Crippen LogP contribution in [-0.2, 0) is 11.3 Å². The molecule has 0 bridgehead atoms. The number of methoxy groups -OCH3 is 1. The minimum Gasteiger partial charge on any atom is -0.493 e. The van der Waals surface area contributed by atoms with Crippen LogP contribution in [0.1, 0.15) is 5.56 Å². The molecule has 3 aromatic rings. The minimum absolute atomic E-state index is 0.151.